The van der Waals surface area contributed by atoms with Crippen LogP contribution >= 0.6 is 11.8 Å². The summed E-state index contributed by atoms with van der Waals surface area (Å²) >= 11 is 1.96. The van der Waals surface area contributed by atoms with Crippen molar-refractivity contribution in [3.05, 3.63) is 29.8 Å². The number of fused-ring (bicyclic) bond motifs is 1. The number of carboxylic acids is 1. The molecule has 3 nitrogen and oxygen atoms in total. The number of carboxylic acid groups (broad SMARTS) is 1. The van der Waals surface area contributed by atoms with Gasteiger partial charge in [-0.2, -0.15) is 0 Å². The Hall–Kier alpha value is -1.00. The molecule has 1 saturated carbocycles. The Kier molecular flexibility index (Phi) is 4.86. The molecule has 2 aliphatic rings. The molecule has 1 aromatic carbocycles. The van der Waals surface area contributed by atoms with Crippen LogP contribution in [0.15, 0.2) is 29.2 Å². The summed E-state index contributed by atoms with van der Waals surface area (Å²) < 4.78 is 0. The Bertz CT molecular complexity index is 497. The van der Waals surface area contributed by atoms with Gasteiger partial charge in [0.2, 0.25) is 0 Å². The van der Waals surface area contributed by atoms with E-state index in [9.17, 15) is 4.79 Å². The third kappa shape index (κ3) is 3.61. The van der Waals surface area contributed by atoms with Crippen LogP contribution < -0.4 is 5.32 Å². The minimum Gasteiger partial charge on any atom is -0.481 e. The van der Waals surface area contributed by atoms with E-state index in [0.717, 1.165) is 38.8 Å². The lowest BCUT2D eigenvalue weighted by atomic mass is 9.82. The van der Waals surface area contributed by atoms with Gasteiger partial charge in [0.15, 0.2) is 0 Å². The van der Waals surface area contributed by atoms with Gasteiger partial charge in [-0.05, 0) is 49.8 Å². The highest BCUT2D eigenvalue weighted by atomic mass is 32.2. The molecule has 21 heavy (non-hydrogen) atoms. The Labute approximate surface area is 130 Å². The molecule has 1 aromatic rings. The first-order valence-corrected chi connectivity index (χ1v) is 8.88. The molecule has 1 heterocycles. The maximum absolute atomic E-state index is 10.9. The van der Waals surface area contributed by atoms with Crippen LogP contribution in [0, 0.1) is 11.8 Å². The predicted molar refractivity (Wildman–Crippen MR) is 85.9 cm³/mol. The molecule has 4 heteroatoms. The van der Waals surface area contributed by atoms with Gasteiger partial charge in [0, 0.05) is 23.1 Å². The minimum absolute atomic E-state index is 0.0978. The van der Waals surface area contributed by atoms with E-state index in [1.54, 1.807) is 0 Å². The summed E-state index contributed by atoms with van der Waals surface area (Å²) in [6.45, 7) is 2.08. The maximum Gasteiger partial charge on any atom is 0.306 e. The number of hydrogen-bond donors (Lipinski definition) is 2. The van der Waals surface area contributed by atoms with Gasteiger partial charge >= 0.3 is 5.97 Å². The first-order valence-electron chi connectivity index (χ1n) is 7.89. The van der Waals surface area contributed by atoms with Crippen LogP contribution in [0.1, 0.15) is 37.2 Å². The zero-order valence-electron chi connectivity index (χ0n) is 12.3. The van der Waals surface area contributed by atoms with Crippen LogP contribution in [-0.4, -0.2) is 29.9 Å². The molecule has 0 radical (unpaired) electrons. The number of carbonyl (C=O) groups is 1. The highest BCUT2D eigenvalue weighted by molar-refractivity contribution is 7.99. The second-order valence-electron chi connectivity index (χ2n) is 6.26. The van der Waals surface area contributed by atoms with Crippen LogP contribution in [0.3, 0.4) is 0 Å². The van der Waals surface area contributed by atoms with Crippen molar-refractivity contribution in [2.75, 3.05) is 18.8 Å². The molecule has 3 rings (SSSR count). The van der Waals surface area contributed by atoms with E-state index in [4.69, 9.17) is 5.11 Å². The molecule has 2 N–H and O–H groups in total. The first-order chi connectivity index (χ1) is 10.2. The molecule has 114 valence electrons. The van der Waals surface area contributed by atoms with Gasteiger partial charge < -0.3 is 10.4 Å². The van der Waals surface area contributed by atoms with Crippen LogP contribution in [0.2, 0.25) is 0 Å². The number of rotatable bonds is 5. The van der Waals surface area contributed by atoms with Crippen molar-refractivity contribution >= 4 is 17.7 Å². The first kappa shape index (κ1) is 14.9. The Morgan fingerprint density at radius 1 is 1.19 bits per heavy atom. The fraction of sp³-hybridized carbons (Fsp3) is 0.588. The number of aliphatic carboxylic acids is 1. The number of nitrogens with one attached hydrogen (secondary N) is 1. The summed E-state index contributed by atoms with van der Waals surface area (Å²) in [6, 6.07) is 8.71. The summed E-state index contributed by atoms with van der Waals surface area (Å²) in [6.07, 6.45) is 3.81. The third-order valence-electron chi connectivity index (χ3n) is 4.82. The normalized spacial score (nSPS) is 28.3. The minimum atomic E-state index is -0.610. The molecule has 1 aliphatic heterocycles. The lowest BCUT2D eigenvalue weighted by Gasteiger charge is -2.26. The van der Waals surface area contributed by atoms with Crippen molar-refractivity contribution < 1.29 is 9.90 Å². The second kappa shape index (κ2) is 6.84. The fourth-order valence-electron chi connectivity index (χ4n) is 3.47. The monoisotopic (exact) mass is 305 g/mol. The average Bonchev–Trinajstić information content (AvgIpc) is 2.91. The molecular weight excluding hydrogens is 282 g/mol. The molecule has 0 bridgehead atoms. The van der Waals surface area contributed by atoms with Crippen molar-refractivity contribution in [2.24, 2.45) is 11.8 Å². The highest BCUT2D eigenvalue weighted by Crippen LogP contribution is 2.38. The number of benzene rings is 1. The largest absolute Gasteiger partial charge is 0.481 e. The molecule has 1 atom stereocenters. The predicted octanol–water partition coefficient (Wildman–Crippen LogP) is 3.36. The van der Waals surface area contributed by atoms with Crippen molar-refractivity contribution in [2.45, 2.75) is 36.5 Å². The highest BCUT2D eigenvalue weighted by Gasteiger charge is 2.26. The SMILES string of the molecule is O=C(O)C1CCC(CNCC2CSc3ccccc32)CC1. The van der Waals surface area contributed by atoms with Gasteiger partial charge in [-0.25, -0.2) is 0 Å². The number of thioether (sulfide) groups is 1. The quantitative estimate of drug-likeness (QED) is 0.876. The molecule has 1 unspecified atom stereocenters. The lowest BCUT2D eigenvalue weighted by Crippen LogP contribution is -2.31. The summed E-state index contributed by atoms with van der Waals surface area (Å²) in [7, 11) is 0. The van der Waals surface area contributed by atoms with Crippen molar-refractivity contribution in [3.63, 3.8) is 0 Å². The van der Waals surface area contributed by atoms with Gasteiger partial charge in [-0.1, -0.05) is 18.2 Å². The summed E-state index contributed by atoms with van der Waals surface area (Å²) in [5, 5.41) is 12.6. The zero-order chi connectivity index (χ0) is 14.7. The van der Waals surface area contributed by atoms with Gasteiger partial charge in [-0.15, -0.1) is 11.8 Å². The van der Waals surface area contributed by atoms with E-state index in [1.165, 1.54) is 16.2 Å². The van der Waals surface area contributed by atoms with Crippen LogP contribution in [0.4, 0.5) is 0 Å². The summed E-state index contributed by atoms with van der Waals surface area (Å²) in [5.41, 5.74) is 1.49. The van der Waals surface area contributed by atoms with Crippen LogP contribution in [0.25, 0.3) is 0 Å². The van der Waals surface area contributed by atoms with E-state index < -0.39 is 5.97 Å². The van der Waals surface area contributed by atoms with Crippen molar-refractivity contribution in [1.82, 2.24) is 5.32 Å². The maximum atomic E-state index is 10.9. The standard InChI is InChI=1S/C17H23NO2S/c19-17(20)13-7-5-12(6-8-13)9-18-10-14-11-21-16-4-2-1-3-15(14)16/h1-4,12-14,18H,5-11H2,(H,19,20). The molecule has 1 aliphatic carbocycles. The summed E-state index contributed by atoms with van der Waals surface area (Å²) in [5.74, 6) is 1.75. The van der Waals surface area contributed by atoms with Gasteiger partial charge in [0.1, 0.15) is 0 Å². The van der Waals surface area contributed by atoms with E-state index in [1.807, 2.05) is 11.8 Å². The molecular formula is C17H23NO2S. The third-order valence-corrected chi connectivity index (χ3v) is 6.07. The topological polar surface area (TPSA) is 49.3 Å². The van der Waals surface area contributed by atoms with Crippen LogP contribution in [0.5, 0.6) is 0 Å². The van der Waals surface area contributed by atoms with E-state index in [-0.39, 0.29) is 5.92 Å². The van der Waals surface area contributed by atoms with E-state index in [2.05, 4.69) is 29.6 Å². The van der Waals surface area contributed by atoms with Crippen molar-refractivity contribution in [1.29, 1.82) is 0 Å². The van der Waals surface area contributed by atoms with E-state index >= 15 is 0 Å². The van der Waals surface area contributed by atoms with Gasteiger partial charge in [-0.3, -0.25) is 4.79 Å². The summed E-state index contributed by atoms with van der Waals surface area (Å²) in [4.78, 5) is 12.4. The van der Waals surface area contributed by atoms with Crippen LogP contribution in [-0.2, 0) is 4.79 Å². The second-order valence-corrected chi connectivity index (χ2v) is 7.32. The average molecular weight is 305 g/mol. The Morgan fingerprint density at radius 3 is 2.71 bits per heavy atom. The molecule has 1 fully saturated rings. The van der Waals surface area contributed by atoms with Crippen molar-refractivity contribution in [3.8, 4) is 0 Å². The molecule has 0 aromatic heterocycles. The molecule has 0 spiro atoms. The smallest absolute Gasteiger partial charge is 0.306 e. The molecule has 0 amide bonds. The lowest BCUT2D eigenvalue weighted by molar-refractivity contribution is -0.143. The van der Waals surface area contributed by atoms with Gasteiger partial charge in [0.25, 0.3) is 0 Å². The Balaban J connectivity index is 1.41. The molecule has 0 saturated heterocycles. The fourth-order valence-corrected chi connectivity index (χ4v) is 4.73. The van der Waals surface area contributed by atoms with E-state index in [0.29, 0.717) is 11.8 Å². The van der Waals surface area contributed by atoms with Gasteiger partial charge in [0.05, 0.1) is 5.92 Å². The number of hydrogen-bond acceptors (Lipinski definition) is 3. The Morgan fingerprint density at radius 2 is 1.95 bits per heavy atom. The zero-order valence-corrected chi connectivity index (χ0v) is 13.1.